The molecule has 1 N–H and O–H groups in total. The Morgan fingerprint density at radius 1 is 1.38 bits per heavy atom. The molecule has 1 unspecified atom stereocenters. The Kier molecular flexibility index (Phi) is 5.54. The van der Waals surface area contributed by atoms with Crippen LogP contribution in [0.5, 0.6) is 0 Å². The van der Waals surface area contributed by atoms with E-state index < -0.39 is 11.7 Å². The number of halogens is 4. The molecule has 0 amide bonds. The molecule has 0 saturated carbocycles. The van der Waals surface area contributed by atoms with E-state index in [-0.39, 0.29) is 4.47 Å². The first-order valence-electron chi connectivity index (χ1n) is 7.27. The maximum absolute atomic E-state index is 13.0. The van der Waals surface area contributed by atoms with Gasteiger partial charge in [0.15, 0.2) is 0 Å². The van der Waals surface area contributed by atoms with Gasteiger partial charge in [-0.2, -0.15) is 13.2 Å². The van der Waals surface area contributed by atoms with Gasteiger partial charge in [-0.15, -0.1) is 0 Å². The van der Waals surface area contributed by atoms with Crippen molar-refractivity contribution in [3.05, 3.63) is 28.2 Å². The predicted octanol–water partition coefficient (Wildman–Crippen LogP) is 4.44. The van der Waals surface area contributed by atoms with Crippen molar-refractivity contribution < 1.29 is 13.2 Å². The van der Waals surface area contributed by atoms with Crippen LogP contribution in [-0.2, 0) is 6.18 Å². The number of hydrogen-bond donors (Lipinski definition) is 1. The Balaban J connectivity index is 2.14. The van der Waals surface area contributed by atoms with Crippen molar-refractivity contribution in [2.24, 2.45) is 0 Å². The topological polar surface area (TPSA) is 15.3 Å². The van der Waals surface area contributed by atoms with Crippen LogP contribution in [0.25, 0.3) is 0 Å². The molecule has 1 aliphatic rings. The van der Waals surface area contributed by atoms with Crippen LogP contribution in [0.4, 0.5) is 18.9 Å². The summed E-state index contributed by atoms with van der Waals surface area (Å²) in [5, 5.41) is 3.45. The summed E-state index contributed by atoms with van der Waals surface area (Å²) >= 11 is 2.99. The van der Waals surface area contributed by atoms with Gasteiger partial charge in [-0.3, -0.25) is 0 Å². The summed E-state index contributed by atoms with van der Waals surface area (Å²) in [5.41, 5.74) is 0.0390. The first-order valence-corrected chi connectivity index (χ1v) is 8.06. The van der Waals surface area contributed by atoms with Gasteiger partial charge in [0, 0.05) is 29.3 Å². The second-order valence-electron chi connectivity index (χ2n) is 5.40. The van der Waals surface area contributed by atoms with Crippen LogP contribution in [0.1, 0.15) is 31.7 Å². The minimum Gasteiger partial charge on any atom is -0.370 e. The highest BCUT2D eigenvalue weighted by molar-refractivity contribution is 9.10. The standard InChI is InChI=1S/C15H20BrF3N2/c1-2-7-20-11-4-3-8-21(10-11)12-5-6-14(16)13(9-12)15(17,18)19/h5-6,9,11,20H,2-4,7-8,10H2,1H3. The van der Waals surface area contributed by atoms with E-state index in [2.05, 4.69) is 28.2 Å². The van der Waals surface area contributed by atoms with Crippen LogP contribution >= 0.6 is 15.9 Å². The maximum Gasteiger partial charge on any atom is 0.417 e. The van der Waals surface area contributed by atoms with Crippen LogP contribution in [-0.4, -0.2) is 25.7 Å². The number of anilines is 1. The average molecular weight is 365 g/mol. The fourth-order valence-corrected chi connectivity index (χ4v) is 3.13. The Morgan fingerprint density at radius 3 is 2.81 bits per heavy atom. The number of alkyl halides is 3. The molecule has 1 aromatic rings. The van der Waals surface area contributed by atoms with E-state index in [0.29, 0.717) is 11.7 Å². The van der Waals surface area contributed by atoms with E-state index in [0.717, 1.165) is 38.9 Å². The molecule has 0 aliphatic carbocycles. The third kappa shape index (κ3) is 4.36. The molecule has 0 aromatic heterocycles. The molecular formula is C15H20BrF3N2. The summed E-state index contributed by atoms with van der Waals surface area (Å²) in [5.74, 6) is 0. The van der Waals surface area contributed by atoms with E-state index in [1.165, 1.54) is 12.1 Å². The summed E-state index contributed by atoms with van der Waals surface area (Å²) in [6.07, 6.45) is -1.19. The number of benzene rings is 1. The molecule has 0 spiro atoms. The van der Waals surface area contributed by atoms with Crippen molar-refractivity contribution in [2.45, 2.75) is 38.4 Å². The first kappa shape index (κ1) is 16.6. The van der Waals surface area contributed by atoms with Gasteiger partial charge in [0.25, 0.3) is 0 Å². The average Bonchev–Trinajstić information content (AvgIpc) is 2.44. The number of piperidine rings is 1. The zero-order valence-electron chi connectivity index (χ0n) is 12.0. The SMILES string of the molecule is CCCNC1CCCN(c2ccc(Br)c(C(F)(F)F)c2)C1. The quantitative estimate of drug-likeness (QED) is 0.849. The molecule has 1 saturated heterocycles. The van der Waals surface area contributed by atoms with E-state index in [9.17, 15) is 13.2 Å². The molecular weight excluding hydrogens is 345 g/mol. The molecule has 6 heteroatoms. The lowest BCUT2D eigenvalue weighted by Crippen LogP contribution is -2.46. The number of nitrogens with zero attached hydrogens (tertiary/aromatic N) is 1. The maximum atomic E-state index is 13.0. The fraction of sp³-hybridized carbons (Fsp3) is 0.600. The minimum atomic E-state index is -4.33. The molecule has 0 bridgehead atoms. The van der Waals surface area contributed by atoms with Crippen molar-refractivity contribution in [2.75, 3.05) is 24.5 Å². The van der Waals surface area contributed by atoms with Gasteiger partial charge in [-0.05, 0) is 44.0 Å². The summed E-state index contributed by atoms with van der Waals surface area (Å²) in [7, 11) is 0. The highest BCUT2D eigenvalue weighted by atomic mass is 79.9. The highest BCUT2D eigenvalue weighted by Crippen LogP contribution is 2.37. The zero-order valence-corrected chi connectivity index (χ0v) is 13.6. The van der Waals surface area contributed by atoms with Crippen molar-refractivity contribution in [3.63, 3.8) is 0 Å². The second-order valence-corrected chi connectivity index (χ2v) is 6.26. The van der Waals surface area contributed by atoms with Gasteiger partial charge in [-0.25, -0.2) is 0 Å². The first-order chi connectivity index (χ1) is 9.91. The molecule has 2 nitrogen and oxygen atoms in total. The predicted molar refractivity (Wildman–Crippen MR) is 82.7 cm³/mol. The minimum absolute atomic E-state index is 0.0939. The van der Waals surface area contributed by atoms with Gasteiger partial charge in [0.05, 0.1) is 5.56 Å². The van der Waals surface area contributed by atoms with Crippen molar-refractivity contribution in [1.29, 1.82) is 0 Å². The molecule has 1 aromatic carbocycles. The Morgan fingerprint density at radius 2 is 2.14 bits per heavy atom. The largest absolute Gasteiger partial charge is 0.417 e. The molecule has 0 radical (unpaired) electrons. The van der Waals surface area contributed by atoms with Gasteiger partial charge < -0.3 is 10.2 Å². The normalized spacial score (nSPS) is 19.9. The Labute approximate surface area is 131 Å². The molecule has 2 rings (SSSR count). The van der Waals surface area contributed by atoms with Crippen LogP contribution < -0.4 is 10.2 Å². The lowest BCUT2D eigenvalue weighted by Gasteiger charge is -2.35. The van der Waals surface area contributed by atoms with Gasteiger partial charge in [0.1, 0.15) is 0 Å². The number of nitrogens with one attached hydrogen (secondary N) is 1. The van der Waals surface area contributed by atoms with Crippen LogP contribution in [0.15, 0.2) is 22.7 Å². The molecule has 1 fully saturated rings. The number of rotatable bonds is 4. The third-order valence-corrected chi connectivity index (χ3v) is 4.42. The van der Waals surface area contributed by atoms with Crippen LogP contribution in [0.2, 0.25) is 0 Å². The van der Waals surface area contributed by atoms with Crippen molar-refractivity contribution >= 4 is 21.6 Å². The number of hydrogen-bond acceptors (Lipinski definition) is 2. The highest BCUT2D eigenvalue weighted by Gasteiger charge is 2.33. The van der Waals surface area contributed by atoms with E-state index >= 15 is 0 Å². The zero-order chi connectivity index (χ0) is 15.5. The third-order valence-electron chi connectivity index (χ3n) is 3.72. The monoisotopic (exact) mass is 364 g/mol. The second kappa shape index (κ2) is 7.01. The van der Waals surface area contributed by atoms with Gasteiger partial charge in [-0.1, -0.05) is 22.9 Å². The molecule has 118 valence electrons. The fourth-order valence-electron chi connectivity index (χ4n) is 2.65. The summed E-state index contributed by atoms with van der Waals surface area (Å²) < 4.78 is 39.0. The van der Waals surface area contributed by atoms with Crippen molar-refractivity contribution in [1.82, 2.24) is 5.32 Å². The molecule has 1 heterocycles. The lowest BCUT2D eigenvalue weighted by molar-refractivity contribution is -0.138. The summed E-state index contributed by atoms with van der Waals surface area (Å²) in [4.78, 5) is 2.04. The van der Waals surface area contributed by atoms with E-state index in [1.54, 1.807) is 6.07 Å². The van der Waals surface area contributed by atoms with Gasteiger partial charge >= 0.3 is 6.18 Å². The molecule has 1 aliphatic heterocycles. The van der Waals surface area contributed by atoms with Crippen LogP contribution in [0.3, 0.4) is 0 Å². The van der Waals surface area contributed by atoms with Crippen molar-refractivity contribution in [3.8, 4) is 0 Å². The van der Waals surface area contributed by atoms with Gasteiger partial charge in [0.2, 0.25) is 0 Å². The Bertz CT molecular complexity index is 476. The summed E-state index contributed by atoms with van der Waals surface area (Å²) in [6.45, 7) is 4.63. The lowest BCUT2D eigenvalue weighted by atomic mass is 10.0. The van der Waals surface area contributed by atoms with Crippen LogP contribution in [0, 0.1) is 0 Å². The van der Waals surface area contributed by atoms with E-state index in [4.69, 9.17) is 0 Å². The van der Waals surface area contributed by atoms with E-state index in [1.807, 2.05) is 4.90 Å². The summed E-state index contributed by atoms with van der Waals surface area (Å²) in [6, 6.07) is 4.84. The molecule has 21 heavy (non-hydrogen) atoms. The Hall–Kier alpha value is -0.750. The smallest absolute Gasteiger partial charge is 0.370 e. The molecule has 1 atom stereocenters.